The molecule has 2 aromatic carbocycles. The van der Waals surface area contributed by atoms with Gasteiger partial charge in [0.1, 0.15) is 11.5 Å². The van der Waals surface area contributed by atoms with E-state index in [0.717, 1.165) is 73.1 Å². The molecule has 2 fully saturated rings. The minimum atomic E-state index is 0.0922. The number of fused-ring (bicyclic) bond motifs is 1. The van der Waals surface area contributed by atoms with Crippen LogP contribution in [0.2, 0.25) is 5.02 Å². The summed E-state index contributed by atoms with van der Waals surface area (Å²) in [5.74, 6) is 2.26. The van der Waals surface area contributed by atoms with E-state index < -0.39 is 0 Å². The Morgan fingerprint density at radius 2 is 1.92 bits per heavy atom. The van der Waals surface area contributed by atoms with Crippen molar-refractivity contribution in [1.29, 1.82) is 0 Å². The average Bonchev–Trinajstić information content (AvgIpc) is 3.60. The summed E-state index contributed by atoms with van der Waals surface area (Å²) in [5, 5.41) is 1.60. The number of likely N-dealkylation sites (tertiary alicyclic amines) is 1. The van der Waals surface area contributed by atoms with Crippen molar-refractivity contribution in [3.05, 3.63) is 87.7 Å². The van der Waals surface area contributed by atoms with E-state index in [2.05, 4.69) is 47.7 Å². The van der Waals surface area contributed by atoms with Crippen molar-refractivity contribution < 1.29 is 9.21 Å². The second-order valence-electron chi connectivity index (χ2n) is 11.0. The number of benzene rings is 2. The van der Waals surface area contributed by atoms with Crippen molar-refractivity contribution in [2.45, 2.75) is 70.8 Å². The van der Waals surface area contributed by atoms with Gasteiger partial charge in [0.15, 0.2) is 5.89 Å². The second kappa shape index (κ2) is 9.36. The Labute approximate surface area is 223 Å². The topological polar surface area (TPSA) is 51.3 Å². The Hall–Kier alpha value is -3.05. The van der Waals surface area contributed by atoms with Crippen LogP contribution in [0.5, 0.6) is 0 Å². The standard InChI is InChI=1S/C31H34ClN3O2/c1-4-21-7-5-6-8-26(21)31(3)13-15-34(16-14-31)30(36)25-18-35(28-17-23(32)11-12-24(25)28)19-27-29(22-9-10-22)37-20(2)33-27/h5-8,11-12,17-18,22H,4,9-10,13-16,19H2,1-3H3. The lowest BCUT2D eigenvalue weighted by molar-refractivity contribution is 0.0677. The fraction of sp³-hybridized carbons (Fsp3) is 0.419. The molecule has 4 aromatic rings. The molecule has 1 saturated heterocycles. The highest BCUT2D eigenvalue weighted by atomic mass is 35.5. The van der Waals surface area contributed by atoms with E-state index in [-0.39, 0.29) is 11.3 Å². The van der Waals surface area contributed by atoms with Crippen LogP contribution in [0, 0.1) is 6.92 Å². The van der Waals surface area contributed by atoms with E-state index in [1.807, 2.05) is 36.2 Å². The molecule has 0 atom stereocenters. The van der Waals surface area contributed by atoms with Crippen molar-refractivity contribution >= 4 is 28.4 Å². The van der Waals surface area contributed by atoms with Gasteiger partial charge in [-0.15, -0.1) is 0 Å². The van der Waals surface area contributed by atoms with Crippen LogP contribution >= 0.6 is 11.6 Å². The number of carbonyl (C=O) groups excluding carboxylic acids is 1. The fourth-order valence-electron chi connectivity index (χ4n) is 6.05. The van der Waals surface area contributed by atoms with Gasteiger partial charge in [-0.05, 0) is 60.8 Å². The second-order valence-corrected chi connectivity index (χ2v) is 11.5. The molecule has 0 spiro atoms. The lowest BCUT2D eigenvalue weighted by Gasteiger charge is -2.40. The number of amides is 1. The first kappa shape index (κ1) is 24.3. The molecule has 1 amide bonds. The molecule has 0 bridgehead atoms. The van der Waals surface area contributed by atoms with Crippen LogP contribution in [0.25, 0.3) is 10.9 Å². The molecule has 192 valence electrons. The molecule has 3 heterocycles. The number of oxazole rings is 1. The largest absolute Gasteiger partial charge is 0.445 e. The smallest absolute Gasteiger partial charge is 0.256 e. The molecule has 0 N–H and O–H groups in total. The van der Waals surface area contributed by atoms with E-state index in [4.69, 9.17) is 16.0 Å². The Morgan fingerprint density at radius 1 is 1.16 bits per heavy atom. The van der Waals surface area contributed by atoms with Crippen molar-refractivity contribution in [3.8, 4) is 0 Å². The van der Waals surface area contributed by atoms with Gasteiger partial charge in [0.05, 0.1) is 17.6 Å². The molecule has 1 aliphatic heterocycles. The third-order valence-electron chi connectivity index (χ3n) is 8.38. The van der Waals surface area contributed by atoms with Gasteiger partial charge in [-0.3, -0.25) is 4.79 Å². The highest BCUT2D eigenvalue weighted by Gasteiger charge is 2.36. The first-order valence-electron chi connectivity index (χ1n) is 13.5. The number of aromatic nitrogens is 2. The van der Waals surface area contributed by atoms with E-state index in [9.17, 15) is 4.79 Å². The molecule has 1 aliphatic carbocycles. The van der Waals surface area contributed by atoms with Crippen LogP contribution < -0.4 is 0 Å². The van der Waals surface area contributed by atoms with Crippen molar-refractivity contribution in [2.75, 3.05) is 13.1 Å². The Bertz CT molecular complexity index is 1470. The highest BCUT2D eigenvalue weighted by molar-refractivity contribution is 6.31. The zero-order valence-electron chi connectivity index (χ0n) is 21.9. The molecule has 6 heteroatoms. The van der Waals surface area contributed by atoms with Gasteiger partial charge in [0, 0.05) is 42.5 Å². The summed E-state index contributed by atoms with van der Waals surface area (Å²) in [5.41, 5.74) is 5.59. The maximum Gasteiger partial charge on any atom is 0.256 e. The maximum atomic E-state index is 13.9. The van der Waals surface area contributed by atoms with Crippen LogP contribution in [0.15, 0.2) is 53.1 Å². The molecule has 0 unspecified atom stereocenters. The third-order valence-corrected chi connectivity index (χ3v) is 8.62. The zero-order valence-corrected chi connectivity index (χ0v) is 22.6. The number of halogens is 1. The predicted molar refractivity (Wildman–Crippen MR) is 148 cm³/mol. The van der Waals surface area contributed by atoms with Crippen LogP contribution in [0.4, 0.5) is 0 Å². The van der Waals surface area contributed by atoms with E-state index >= 15 is 0 Å². The minimum absolute atomic E-state index is 0.0922. The van der Waals surface area contributed by atoms with Crippen LogP contribution in [-0.4, -0.2) is 33.4 Å². The molecular formula is C31H34ClN3O2. The van der Waals surface area contributed by atoms with E-state index in [1.165, 1.54) is 11.1 Å². The van der Waals surface area contributed by atoms with E-state index in [1.54, 1.807) is 0 Å². The molecule has 2 aromatic heterocycles. The first-order valence-corrected chi connectivity index (χ1v) is 13.9. The molecule has 37 heavy (non-hydrogen) atoms. The number of hydrogen-bond donors (Lipinski definition) is 0. The molecule has 5 nitrogen and oxygen atoms in total. The van der Waals surface area contributed by atoms with Gasteiger partial charge in [0.2, 0.25) is 0 Å². The monoisotopic (exact) mass is 515 g/mol. The van der Waals surface area contributed by atoms with Crippen LogP contribution in [0.1, 0.15) is 84.3 Å². The number of hydrogen-bond acceptors (Lipinski definition) is 3. The molecular weight excluding hydrogens is 482 g/mol. The summed E-state index contributed by atoms with van der Waals surface area (Å²) in [6, 6.07) is 14.6. The summed E-state index contributed by atoms with van der Waals surface area (Å²) in [4.78, 5) is 20.6. The zero-order chi connectivity index (χ0) is 25.7. The van der Waals surface area contributed by atoms with Gasteiger partial charge in [-0.2, -0.15) is 0 Å². The Kier molecular flexibility index (Phi) is 6.15. The lowest BCUT2D eigenvalue weighted by atomic mass is 9.72. The van der Waals surface area contributed by atoms with Gasteiger partial charge < -0.3 is 13.9 Å². The van der Waals surface area contributed by atoms with Gasteiger partial charge >= 0.3 is 0 Å². The summed E-state index contributed by atoms with van der Waals surface area (Å²) in [6.07, 6.45) is 7.25. The molecule has 1 saturated carbocycles. The van der Waals surface area contributed by atoms with Crippen molar-refractivity contribution in [3.63, 3.8) is 0 Å². The Morgan fingerprint density at radius 3 is 2.65 bits per heavy atom. The molecule has 0 radical (unpaired) electrons. The van der Waals surface area contributed by atoms with E-state index in [0.29, 0.717) is 23.4 Å². The summed E-state index contributed by atoms with van der Waals surface area (Å²) in [7, 11) is 0. The molecule has 6 rings (SSSR count). The number of nitrogens with zero attached hydrogens (tertiary/aromatic N) is 3. The number of carbonyl (C=O) groups is 1. The quantitative estimate of drug-likeness (QED) is 0.271. The van der Waals surface area contributed by atoms with Crippen molar-refractivity contribution in [1.82, 2.24) is 14.5 Å². The van der Waals surface area contributed by atoms with Gasteiger partial charge in [0.25, 0.3) is 5.91 Å². The lowest BCUT2D eigenvalue weighted by Crippen LogP contribution is -2.44. The minimum Gasteiger partial charge on any atom is -0.445 e. The number of rotatable bonds is 6. The summed E-state index contributed by atoms with van der Waals surface area (Å²) in [6.45, 7) is 8.55. The third kappa shape index (κ3) is 4.48. The van der Waals surface area contributed by atoms with Gasteiger partial charge in [-0.1, -0.05) is 55.8 Å². The number of aryl methyl sites for hydroxylation is 2. The maximum absolute atomic E-state index is 13.9. The van der Waals surface area contributed by atoms with Crippen LogP contribution in [-0.2, 0) is 18.4 Å². The normalized spacial score (nSPS) is 17.5. The molecule has 2 aliphatic rings. The Balaban J connectivity index is 1.28. The number of piperidine rings is 1. The average molecular weight is 516 g/mol. The summed E-state index contributed by atoms with van der Waals surface area (Å²) >= 11 is 6.40. The first-order chi connectivity index (χ1) is 17.9. The van der Waals surface area contributed by atoms with Crippen LogP contribution in [0.3, 0.4) is 0 Å². The predicted octanol–water partition coefficient (Wildman–Crippen LogP) is 7.27. The fourth-order valence-corrected chi connectivity index (χ4v) is 6.22. The summed E-state index contributed by atoms with van der Waals surface area (Å²) < 4.78 is 8.06. The highest BCUT2D eigenvalue weighted by Crippen LogP contribution is 2.42. The SMILES string of the molecule is CCc1ccccc1C1(C)CCN(C(=O)c2cn(Cc3nc(C)oc3C3CC3)c3cc(Cl)ccc23)CC1. The van der Waals surface area contributed by atoms with Gasteiger partial charge in [-0.25, -0.2) is 4.98 Å². The van der Waals surface area contributed by atoms with Crippen molar-refractivity contribution in [2.24, 2.45) is 0 Å².